The van der Waals surface area contributed by atoms with Gasteiger partial charge in [-0.05, 0) is 50.4 Å². The molecule has 1 unspecified atom stereocenters. The lowest BCUT2D eigenvalue weighted by molar-refractivity contribution is 0.0924. The van der Waals surface area contributed by atoms with Crippen molar-refractivity contribution in [2.24, 2.45) is 0 Å². The molecule has 3 rings (SSSR count). The van der Waals surface area contributed by atoms with Crippen molar-refractivity contribution in [3.63, 3.8) is 0 Å². The fraction of sp³-hybridized carbons (Fsp3) is 0.357. The third-order valence-corrected chi connectivity index (χ3v) is 6.41. The number of β-amino-alcohol motifs (C(OH)–C–C–N with tert-alkyl or cyclic N) is 1. The Morgan fingerprint density at radius 3 is 1.94 bits per heavy atom. The minimum atomic E-state index is -0.594. The van der Waals surface area contributed by atoms with Gasteiger partial charge < -0.3 is 15.2 Å². The number of thioether (sulfide) groups is 1. The highest BCUT2D eigenvalue weighted by atomic mass is 35.5. The Balaban J connectivity index is 0.00000306. The van der Waals surface area contributed by atoms with Gasteiger partial charge in [-0.1, -0.05) is 72.8 Å². The maximum atomic E-state index is 10.5. The molecule has 0 spiro atoms. The van der Waals surface area contributed by atoms with Crippen molar-refractivity contribution >= 4 is 36.6 Å². The average Bonchev–Trinajstić information content (AvgIpc) is 2.83. The summed E-state index contributed by atoms with van der Waals surface area (Å²) in [5, 5.41) is 14.1. The number of halogens is 2. The van der Waals surface area contributed by atoms with Crippen LogP contribution in [0.3, 0.4) is 0 Å². The van der Waals surface area contributed by atoms with Crippen LogP contribution in [-0.4, -0.2) is 54.6 Å². The van der Waals surface area contributed by atoms with Crippen molar-refractivity contribution in [2.75, 3.05) is 33.0 Å². The van der Waals surface area contributed by atoms with Crippen LogP contribution in [0.1, 0.15) is 31.0 Å². The van der Waals surface area contributed by atoms with E-state index in [1.54, 1.807) is 11.8 Å². The average molecular weight is 538 g/mol. The quantitative estimate of drug-likeness (QED) is 0.274. The van der Waals surface area contributed by atoms with Crippen LogP contribution >= 0.6 is 36.6 Å². The van der Waals surface area contributed by atoms with Crippen LogP contribution < -0.4 is 10.1 Å². The van der Waals surface area contributed by atoms with E-state index >= 15 is 0 Å². The van der Waals surface area contributed by atoms with Gasteiger partial charge in [-0.25, -0.2) is 0 Å². The summed E-state index contributed by atoms with van der Waals surface area (Å²) in [5.41, 5.74) is 2.33. The second kappa shape index (κ2) is 15.4. The number of hydrogen-bond donors (Lipinski definition) is 2. The Morgan fingerprint density at radius 2 is 1.40 bits per heavy atom. The van der Waals surface area contributed by atoms with Gasteiger partial charge in [0.2, 0.25) is 0 Å². The van der Waals surface area contributed by atoms with Crippen molar-refractivity contribution in [3.05, 3.63) is 96.1 Å². The molecule has 0 saturated carbocycles. The molecule has 2 N–H and O–H groups in total. The molecule has 0 aliphatic carbocycles. The number of rotatable bonds is 12. The number of nitrogens with one attached hydrogen (secondary N) is 1. The zero-order chi connectivity index (χ0) is 23.7. The highest BCUT2D eigenvalue weighted by Gasteiger charge is 2.26. The van der Waals surface area contributed by atoms with E-state index in [0.717, 1.165) is 17.2 Å². The second-order valence-corrected chi connectivity index (χ2v) is 9.87. The molecule has 0 aliphatic rings. The molecule has 0 fully saturated rings. The number of para-hydroxylation sites is 1. The molecule has 0 heterocycles. The van der Waals surface area contributed by atoms with Gasteiger partial charge in [-0.2, -0.15) is 0 Å². The van der Waals surface area contributed by atoms with E-state index in [-0.39, 0.29) is 43.0 Å². The summed E-state index contributed by atoms with van der Waals surface area (Å²) in [7, 11) is 2.16. The third kappa shape index (κ3) is 9.68. The molecule has 3 aromatic carbocycles. The number of nitrogens with zero attached hydrogens (tertiary/aromatic N) is 1. The summed E-state index contributed by atoms with van der Waals surface area (Å²) in [5.74, 6) is 0.816. The van der Waals surface area contributed by atoms with Gasteiger partial charge in [-0.3, -0.25) is 4.90 Å². The standard InChI is InChI=1S/C28H36N2O2S.2ClH/c1-28(2,29-19-24(31)20-32-25-17-11-12-18-26(25)33-4)21-30(3)27(22-13-7-5-8-14-22)23-15-9-6-10-16-23;;/h5-18,24,27,29,31H,19-21H2,1-4H3;2*1H. The van der Waals surface area contributed by atoms with Crippen LogP contribution in [-0.2, 0) is 0 Å². The molecule has 4 nitrogen and oxygen atoms in total. The molecule has 0 saturated heterocycles. The molecule has 0 aromatic heterocycles. The number of aliphatic hydroxyl groups excluding tert-OH is 1. The Bertz CT molecular complexity index is 937. The molecule has 0 aliphatic heterocycles. The highest BCUT2D eigenvalue weighted by Crippen LogP contribution is 2.29. The summed E-state index contributed by atoms with van der Waals surface area (Å²) >= 11 is 1.64. The normalized spacial score (nSPS) is 12.1. The van der Waals surface area contributed by atoms with Crippen molar-refractivity contribution in [3.8, 4) is 5.75 Å². The first-order valence-electron chi connectivity index (χ1n) is 11.4. The largest absolute Gasteiger partial charge is 0.490 e. The van der Waals surface area contributed by atoms with Crippen LogP contribution in [0.15, 0.2) is 89.8 Å². The van der Waals surface area contributed by atoms with E-state index in [1.807, 2.05) is 30.5 Å². The van der Waals surface area contributed by atoms with Crippen molar-refractivity contribution in [1.82, 2.24) is 10.2 Å². The molecule has 0 bridgehead atoms. The Labute approximate surface area is 227 Å². The van der Waals surface area contributed by atoms with E-state index in [2.05, 4.69) is 91.8 Å². The molecular formula is C28H38Cl2N2O2S. The lowest BCUT2D eigenvalue weighted by Gasteiger charge is -2.37. The van der Waals surface area contributed by atoms with Gasteiger partial charge in [0.05, 0.1) is 6.04 Å². The van der Waals surface area contributed by atoms with Gasteiger partial charge in [-0.15, -0.1) is 36.6 Å². The van der Waals surface area contributed by atoms with Crippen LogP contribution in [0.5, 0.6) is 5.75 Å². The van der Waals surface area contributed by atoms with Crippen LogP contribution in [0.25, 0.3) is 0 Å². The minimum Gasteiger partial charge on any atom is -0.490 e. The SMILES string of the molecule is CSc1ccccc1OCC(O)CNC(C)(C)CN(C)C(c1ccccc1)c1ccccc1.Cl.Cl. The van der Waals surface area contributed by atoms with Gasteiger partial charge in [0.25, 0.3) is 0 Å². The summed E-state index contributed by atoms with van der Waals surface area (Å²) in [4.78, 5) is 3.45. The molecule has 35 heavy (non-hydrogen) atoms. The zero-order valence-corrected chi connectivity index (χ0v) is 23.3. The molecule has 192 valence electrons. The first-order valence-corrected chi connectivity index (χ1v) is 12.6. The smallest absolute Gasteiger partial charge is 0.132 e. The predicted octanol–water partition coefficient (Wildman–Crippen LogP) is 6.08. The molecule has 1 atom stereocenters. The van der Waals surface area contributed by atoms with Gasteiger partial charge in [0.15, 0.2) is 0 Å². The molecule has 7 heteroatoms. The summed E-state index contributed by atoms with van der Waals surface area (Å²) in [6.07, 6.45) is 1.43. The molecular weight excluding hydrogens is 499 g/mol. The third-order valence-electron chi connectivity index (χ3n) is 5.63. The number of ether oxygens (including phenoxy) is 1. The van der Waals surface area contributed by atoms with Crippen molar-refractivity contribution < 1.29 is 9.84 Å². The maximum absolute atomic E-state index is 10.5. The minimum absolute atomic E-state index is 0. The molecule has 0 amide bonds. The lowest BCUT2D eigenvalue weighted by Crippen LogP contribution is -2.51. The number of aliphatic hydroxyl groups is 1. The predicted molar refractivity (Wildman–Crippen MR) is 154 cm³/mol. The zero-order valence-electron chi connectivity index (χ0n) is 20.9. The summed E-state index contributed by atoms with van der Waals surface area (Å²) < 4.78 is 5.87. The van der Waals surface area contributed by atoms with Crippen LogP contribution in [0, 0.1) is 0 Å². The first kappa shape index (κ1) is 31.3. The van der Waals surface area contributed by atoms with E-state index < -0.39 is 6.10 Å². The van der Waals surface area contributed by atoms with E-state index in [0.29, 0.717) is 6.54 Å². The van der Waals surface area contributed by atoms with Crippen LogP contribution in [0.4, 0.5) is 0 Å². The lowest BCUT2D eigenvalue weighted by atomic mass is 9.95. The van der Waals surface area contributed by atoms with Crippen molar-refractivity contribution in [2.45, 2.75) is 36.4 Å². The Morgan fingerprint density at radius 1 is 0.886 bits per heavy atom. The second-order valence-electron chi connectivity index (χ2n) is 9.02. The Hall–Kier alpha value is -1.73. The Kier molecular flexibility index (Phi) is 13.8. The molecule has 0 radical (unpaired) electrons. The highest BCUT2D eigenvalue weighted by molar-refractivity contribution is 7.98. The maximum Gasteiger partial charge on any atom is 0.132 e. The van der Waals surface area contributed by atoms with Gasteiger partial charge in [0, 0.05) is 23.5 Å². The fourth-order valence-electron chi connectivity index (χ4n) is 4.12. The fourth-order valence-corrected chi connectivity index (χ4v) is 4.66. The van der Waals surface area contributed by atoms with Gasteiger partial charge in [0.1, 0.15) is 18.5 Å². The molecule has 3 aromatic rings. The van der Waals surface area contributed by atoms with E-state index in [1.165, 1.54) is 11.1 Å². The monoisotopic (exact) mass is 536 g/mol. The summed E-state index contributed by atoms with van der Waals surface area (Å²) in [6, 6.07) is 29.3. The van der Waals surface area contributed by atoms with Gasteiger partial charge >= 0.3 is 0 Å². The number of benzene rings is 3. The number of hydrogen-bond acceptors (Lipinski definition) is 5. The van der Waals surface area contributed by atoms with Crippen molar-refractivity contribution in [1.29, 1.82) is 0 Å². The van der Waals surface area contributed by atoms with Crippen LogP contribution in [0.2, 0.25) is 0 Å². The summed E-state index contributed by atoms with van der Waals surface area (Å²) in [6.45, 7) is 5.88. The number of likely N-dealkylation sites (N-methyl/N-ethyl adjacent to an activating group) is 1. The van der Waals surface area contributed by atoms with E-state index in [4.69, 9.17) is 4.74 Å². The first-order chi connectivity index (χ1) is 15.9. The van der Waals surface area contributed by atoms with E-state index in [9.17, 15) is 5.11 Å². The topological polar surface area (TPSA) is 44.7 Å².